The van der Waals surface area contributed by atoms with Gasteiger partial charge >= 0.3 is 0 Å². The van der Waals surface area contributed by atoms with Gasteiger partial charge in [-0.25, -0.2) is 15.0 Å². The molecule has 0 spiro atoms. The molecular formula is C36H32BrN3. The predicted octanol–water partition coefficient (Wildman–Crippen LogP) is 10.5. The average Bonchev–Trinajstić information content (AvgIpc) is 3.02. The van der Waals surface area contributed by atoms with E-state index in [1.54, 1.807) is 0 Å². The molecule has 198 valence electrons. The van der Waals surface area contributed by atoms with Gasteiger partial charge < -0.3 is 0 Å². The Labute approximate surface area is 245 Å². The largest absolute Gasteiger partial charge is 0.208 e. The van der Waals surface area contributed by atoms with Crippen LogP contribution in [0.25, 0.3) is 50.6 Å². The lowest BCUT2D eigenvalue weighted by Gasteiger charge is -2.11. The summed E-state index contributed by atoms with van der Waals surface area (Å²) < 4.78 is 1.07. The van der Waals surface area contributed by atoms with Crippen molar-refractivity contribution in [3.63, 3.8) is 0 Å². The van der Waals surface area contributed by atoms with Gasteiger partial charge in [-0.15, -0.1) is 13.2 Å². The van der Waals surface area contributed by atoms with Crippen LogP contribution in [0.4, 0.5) is 0 Å². The van der Waals surface area contributed by atoms with E-state index in [2.05, 4.69) is 115 Å². The monoisotopic (exact) mass is 585 g/mol. The van der Waals surface area contributed by atoms with Crippen LogP contribution in [0, 0.1) is 0 Å². The van der Waals surface area contributed by atoms with E-state index in [0.717, 1.165) is 38.7 Å². The Hall–Kier alpha value is -4.41. The second-order valence-electron chi connectivity index (χ2n) is 8.91. The van der Waals surface area contributed by atoms with Gasteiger partial charge in [-0.1, -0.05) is 120 Å². The van der Waals surface area contributed by atoms with Gasteiger partial charge in [-0.3, -0.25) is 0 Å². The molecule has 0 bridgehead atoms. The molecule has 0 aliphatic rings. The van der Waals surface area contributed by atoms with Crippen molar-refractivity contribution in [2.24, 2.45) is 0 Å². The van der Waals surface area contributed by atoms with E-state index < -0.39 is 0 Å². The third kappa shape index (κ3) is 6.96. The van der Waals surface area contributed by atoms with Crippen molar-refractivity contribution in [2.75, 3.05) is 0 Å². The average molecular weight is 587 g/mol. The third-order valence-electron chi connectivity index (χ3n) is 6.17. The topological polar surface area (TPSA) is 38.7 Å². The van der Waals surface area contributed by atoms with Crippen molar-refractivity contribution >= 4 is 21.5 Å². The molecular weight excluding hydrogens is 554 g/mol. The number of hydrogen-bond acceptors (Lipinski definition) is 3. The number of benzene rings is 4. The lowest BCUT2D eigenvalue weighted by Crippen LogP contribution is -2.02. The minimum Gasteiger partial charge on any atom is -0.208 e. The first-order chi connectivity index (χ1) is 19.6. The molecule has 4 heteroatoms. The Kier molecular flexibility index (Phi) is 10.1. The van der Waals surface area contributed by atoms with Gasteiger partial charge in [0.25, 0.3) is 0 Å². The minimum absolute atomic E-state index is 0.658. The number of allylic oxidation sites excluding steroid dienone is 4. The maximum Gasteiger partial charge on any atom is 0.164 e. The molecule has 1 aromatic heterocycles. The van der Waals surface area contributed by atoms with Gasteiger partial charge in [-0.05, 0) is 59.9 Å². The molecule has 0 atom stereocenters. The van der Waals surface area contributed by atoms with E-state index in [1.807, 2.05) is 49.4 Å². The summed E-state index contributed by atoms with van der Waals surface area (Å²) in [5.74, 6) is 2.00. The van der Waals surface area contributed by atoms with Crippen molar-refractivity contribution < 1.29 is 0 Å². The summed E-state index contributed by atoms with van der Waals surface area (Å²) in [5, 5.41) is 0. The SMILES string of the molecule is C/C=C\C(=C/CC)c1nc(-c2ccccc2)nc(-c2cccc(-c3cccc(-c4cccc(Br)c4)c3)c2)n1.C=C. The molecule has 0 aliphatic heterocycles. The van der Waals surface area contributed by atoms with Crippen LogP contribution < -0.4 is 0 Å². The quantitative estimate of drug-likeness (QED) is 0.141. The molecule has 40 heavy (non-hydrogen) atoms. The molecule has 4 aromatic carbocycles. The molecule has 0 amide bonds. The van der Waals surface area contributed by atoms with Gasteiger partial charge in [-0.2, -0.15) is 0 Å². The number of halogens is 1. The van der Waals surface area contributed by atoms with Crippen LogP contribution in [0.1, 0.15) is 26.1 Å². The Morgan fingerprint density at radius 1 is 0.650 bits per heavy atom. The first-order valence-corrected chi connectivity index (χ1v) is 14.1. The van der Waals surface area contributed by atoms with Crippen molar-refractivity contribution in [1.29, 1.82) is 0 Å². The molecule has 0 aliphatic carbocycles. The molecule has 0 saturated carbocycles. The van der Waals surface area contributed by atoms with E-state index in [9.17, 15) is 0 Å². The van der Waals surface area contributed by atoms with Crippen LogP contribution in [0.2, 0.25) is 0 Å². The molecule has 0 fully saturated rings. The number of aromatic nitrogens is 3. The third-order valence-corrected chi connectivity index (χ3v) is 6.66. The number of nitrogens with zero attached hydrogens (tertiary/aromatic N) is 3. The fourth-order valence-electron chi connectivity index (χ4n) is 4.37. The molecule has 0 saturated heterocycles. The highest BCUT2D eigenvalue weighted by molar-refractivity contribution is 9.10. The van der Waals surface area contributed by atoms with Crippen LogP contribution in [-0.2, 0) is 0 Å². The Morgan fingerprint density at radius 2 is 1.15 bits per heavy atom. The van der Waals surface area contributed by atoms with Gasteiger partial charge in [0, 0.05) is 21.2 Å². The molecule has 1 heterocycles. The van der Waals surface area contributed by atoms with E-state index in [-0.39, 0.29) is 0 Å². The van der Waals surface area contributed by atoms with Gasteiger partial charge in [0.1, 0.15) is 0 Å². The molecule has 0 N–H and O–H groups in total. The number of rotatable bonds is 7. The highest BCUT2D eigenvalue weighted by Gasteiger charge is 2.13. The van der Waals surface area contributed by atoms with Gasteiger partial charge in [0.15, 0.2) is 17.5 Å². The molecule has 5 rings (SSSR count). The lowest BCUT2D eigenvalue weighted by molar-refractivity contribution is 1.03. The molecule has 0 radical (unpaired) electrons. The summed E-state index contributed by atoms with van der Waals surface area (Å²) in [4.78, 5) is 14.7. The van der Waals surface area contributed by atoms with E-state index in [1.165, 1.54) is 11.1 Å². The van der Waals surface area contributed by atoms with Crippen LogP contribution >= 0.6 is 15.9 Å². The van der Waals surface area contributed by atoms with Crippen LogP contribution in [0.5, 0.6) is 0 Å². The van der Waals surface area contributed by atoms with Gasteiger partial charge in [0.05, 0.1) is 0 Å². The standard InChI is InChI=1S/C34H28BrN3.C2H4/c1-3-11-24(12-4-2)32-36-33(25-13-6-5-7-14-25)38-34(37-32)30-19-9-17-28(22-30)26-15-8-16-27(21-26)29-18-10-20-31(35)23-29;1-2/h3,5-23H,4H2,1-2H3;1-2H2/b11-3-,24-12+;. The van der Waals surface area contributed by atoms with Crippen LogP contribution in [-0.4, -0.2) is 15.0 Å². The highest BCUT2D eigenvalue weighted by atomic mass is 79.9. The smallest absolute Gasteiger partial charge is 0.164 e. The summed E-state index contributed by atoms with van der Waals surface area (Å²) >= 11 is 3.59. The van der Waals surface area contributed by atoms with Crippen molar-refractivity contribution in [2.45, 2.75) is 20.3 Å². The molecule has 0 unspecified atom stereocenters. The fourth-order valence-corrected chi connectivity index (χ4v) is 4.77. The maximum absolute atomic E-state index is 4.93. The van der Waals surface area contributed by atoms with Crippen molar-refractivity contribution in [1.82, 2.24) is 15.0 Å². The van der Waals surface area contributed by atoms with Crippen LogP contribution in [0.3, 0.4) is 0 Å². The highest BCUT2D eigenvalue weighted by Crippen LogP contribution is 2.31. The van der Waals surface area contributed by atoms with E-state index in [0.29, 0.717) is 17.5 Å². The maximum atomic E-state index is 4.93. The first-order valence-electron chi connectivity index (χ1n) is 13.3. The summed E-state index contributed by atoms with van der Waals surface area (Å²) in [6.45, 7) is 10.1. The van der Waals surface area contributed by atoms with E-state index >= 15 is 0 Å². The predicted molar refractivity (Wildman–Crippen MR) is 174 cm³/mol. The second kappa shape index (κ2) is 14.1. The van der Waals surface area contributed by atoms with Gasteiger partial charge in [0.2, 0.25) is 0 Å². The first kappa shape index (κ1) is 28.6. The van der Waals surface area contributed by atoms with Crippen molar-refractivity contribution in [3.05, 3.63) is 145 Å². The summed E-state index contributed by atoms with van der Waals surface area (Å²) in [5.41, 5.74) is 7.51. The number of hydrogen-bond donors (Lipinski definition) is 0. The van der Waals surface area contributed by atoms with Crippen LogP contribution in [0.15, 0.2) is 139 Å². The zero-order valence-corrected chi connectivity index (χ0v) is 24.5. The summed E-state index contributed by atoms with van der Waals surface area (Å²) in [6.07, 6.45) is 7.12. The Bertz CT molecular complexity index is 1640. The normalized spacial score (nSPS) is 11.2. The van der Waals surface area contributed by atoms with Crippen molar-refractivity contribution in [3.8, 4) is 45.0 Å². The lowest BCUT2D eigenvalue weighted by atomic mass is 9.98. The molecule has 5 aromatic rings. The Morgan fingerprint density at radius 3 is 1.73 bits per heavy atom. The fraction of sp³-hybridized carbons (Fsp3) is 0.0833. The minimum atomic E-state index is 0.658. The van der Waals surface area contributed by atoms with E-state index in [4.69, 9.17) is 15.0 Å². The Balaban J connectivity index is 0.00000181. The molecule has 3 nitrogen and oxygen atoms in total. The summed E-state index contributed by atoms with van der Waals surface area (Å²) in [6, 6.07) is 35.5. The zero-order valence-electron chi connectivity index (χ0n) is 22.9. The second-order valence-corrected chi connectivity index (χ2v) is 9.83. The summed E-state index contributed by atoms with van der Waals surface area (Å²) in [7, 11) is 0. The zero-order chi connectivity index (χ0) is 28.3.